The molecule has 2 heterocycles. The molecular formula is C17H19N3O4. The number of nitrogens with zero attached hydrogens (tertiary/aromatic N) is 2. The van der Waals surface area contributed by atoms with Crippen LogP contribution in [0.4, 0.5) is 0 Å². The van der Waals surface area contributed by atoms with E-state index in [1.54, 1.807) is 30.0 Å². The highest BCUT2D eigenvalue weighted by Crippen LogP contribution is 2.25. The zero-order chi connectivity index (χ0) is 17.3. The van der Waals surface area contributed by atoms with Gasteiger partial charge in [-0.3, -0.25) is 9.59 Å². The number of ether oxygens (including phenoxy) is 2. The van der Waals surface area contributed by atoms with Crippen molar-refractivity contribution >= 4 is 5.91 Å². The largest absolute Gasteiger partial charge is 0.497 e. The van der Waals surface area contributed by atoms with Crippen molar-refractivity contribution in [3.05, 3.63) is 51.2 Å². The second kappa shape index (κ2) is 6.35. The number of hydrogen-bond donors (Lipinski definition) is 1. The molecule has 7 heteroatoms. The lowest BCUT2D eigenvalue weighted by atomic mass is 10.1. The average Bonchev–Trinajstić information content (AvgIpc) is 2.60. The summed E-state index contributed by atoms with van der Waals surface area (Å²) in [5, 5.41) is 0. The maximum absolute atomic E-state index is 12.8. The van der Waals surface area contributed by atoms with Gasteiger partial charge in [-0.15, -0.1) is 0 Å². The second-order valence-electron chi connectivity index (χ2n) is 5.65. The highest BCUT2D eigenvalue weighted by atomic mass is 16.5. The molecular weight excluding hydrogens is 310 g/mol. The van der Waals surface area contributed by atoms with E-state index in [1.165, 1.54) is 14.2 Å². The Morgan fingerprint density at radius 2 is 1.88 bits per heavy atom. The number of amides is 1. The number of H-pyrrole nitrogens is 1. The van der Waals surface area contributed by atoms with Gasteiger partial charge in [-0.2, -0.15) is 0 Å². The van der Waals surface area contributed by atoms with Gasteiger partial charge in [-0.1, -0.05) is 0 Å². The summed E-state index contributed by atoms with van der Waals surface area (Å²) in [5.41, 5.74) is 1.60. The maximum atomic E-state index is 12.8. The summed E-state index contributed by atoms with van der Waals surface area (Å²) in [6, 6.07) is 5.04. The first-order chi connectivity index (χ1) is 11.5. The van der Waals surface area contributed by atoms with Gasteiger partial charge in [0.1, 0.15) is 17.3 Å². The summed E-state index contributed by atoms with van der Waals surface area (Å²) in [4.78, 5) is 33.6. The predicted octanol–water partition coefficient (Wildman–Crippen LogP) is 1.29. The fraction of sp³-hybridized carbons (Fsp3) is 0.353. The molecule has 0 aliphatic carbocycles. The number of rotatable bonds is 3. The van der Waals surface area contributed by atoms with Crippen molar-refractivity contribution in [1.82, 2.24) is 14.9 Å². The summed E-state index contributed by atoms with van der Waals surface area (Å²) < 4.78 is 10.4. The van der Waals surface area contributed by atoms with Crippen molar-refractivity contribution in [2.45, 2.75) is 19.9 Å². The van der Waals surface area contributed by atoms with Gasteiger partial charge in [0, 0.05) is 24.6 Å². The molecule has 1 aromatic carbocycles. The molecule has 7 nitrogen and oxygen atoms in total. The Labute approximate surface area is 139 Å². The number of carbonyl (C=O) groups excluding carboxylic acids is 1. The molecule has 0 radical (unpaired) electrons. The SMILES string of the molecule is COc1cc(OC)cc(C(=O)N2CCc3nc(C)[nH]c(=O)c3C2)c1. The van der Waals surface area contributed by atoms with Crippen molar-refractivity contribution in [1.29, 1.82) is 0 Å². The van der Waals surface area contributed by atoms with E-state index in [0.29, 0.717) is 41.4 Å². The fourth-order valence-corrected chi connectivity index (χ4v) is 2.84. The molecule has 24 heavy (non-hydrogen) atoms. The average molecular weight is 329 g/mol. The first-order valence-corrected chi connectivity index (χ1v) is 7.63. The second-order valence-corrected chi connectivity index (χ2v) is 5.65. The number of benzene rings is 1. The van der Waals surface area contributed by atoms with E-state index in [2.05, 4.69) is 9.97 Å². The van der Waals surface area contributed by atoms with Crippen LogP contribution in [0.3, 0.4) is 0 Å². The van der Waals surface area contributed by atoms with Gasteiger partial charge in [0.15, 0.2) is 0 Å². The molecule has 1 aromatic heterocycles. The van der Waals surface area contributed by atoms with Gasteiger partial charge in [-0.05, 0) is 19.1 Å². The monoisotopic (exact) mass is 329 g/mol. The third-order valence-corrected chi connectivity index (χ3v) is 4.07. The van der Waals surface area contributed by atoms with Crippen LogP contribution >= 0.6 is 0 Å². The normalized spacial score (nSPS) is 13.4. The Bertz CT molecular complexity index is 822. The lowest BCUT2D eigenvalue weighted by Gasteiger charge is -2.28. The van der Waals surface area contributed by atoms with E-state index in [9.17, 15) is 9.59 Å². The van der Waals surface area contributed by atoms with E-state index in [1.807, 2.05) is 0 Å². The van der Waals surface area contributed by atoms with Crippen LogP contribution in [0.25, 0.3) is 0 Å². The molecule has 1 aliphatic rings. The molecule has 0 saturated carbocycles. The van der Waals surface area contributed by atoms with Gasteiger partial charge in [0.05, 0.1) is 32.0 Å². The minimum atomic E-state index is -0.182. The topological polar surface area (TPSA) is 84.5 Å². The number of methoxy groups -OCH3 is 2. The molecule has 0 bridgehead atoms. The fourth-order valence-electron chi connectivity index (χ4n) is 2.84. The number of carbonyl (C=O) groups is 1. The Morgan fingerprint density at radius 3 is 2.50 bits per heavy atom. The first-order valence-electron chi connectivity index (χ1n) is 7.63. The van der Waals surface area contributed by atoms with Gasteiger partial charge in [-0.25, -0.2) is 4.98 Å². The van der Waals surface area contributed by atoms with Gasteiger partial charge in [0.2, 0.25) is 0 Å². The van der Waals surface area contributed by atoms with Crippen molar-refractivity contribution < 1.29 is 14.3 Å². The van der Waals surface area contributed by atoms with Crippen LogP contribution in [0.15, 0.2) is 23.0 Å². The molecule has 2 aromatic rings. The minimum Gasteiger partial charge on any atom is -0.497 e. The Balaban J connectivity index is 1.90. The number of aryl methyl sites for hydroxylation is 1. The zero-order valence-electron chi connectivity index (χ0n) is 13.9. The van der Waals surface area contributed by atoms with Crippen LogP contribution in [0.5, 0.6) is 11.5 Å². The van der Waals surface area contributed by atoms with Crippen LogP contribution in [0.2, 0.25) is 0 Å². The number of hydrogen-bond acceptors (Lipinski definition) is 5. The zero-order valence-corrected chi connectivity index (χ0v) is 13.9. The van der Waals surface area contributed by atoms with E-state index in [0.717, 1.165) is 5.69 Å². The standard InChI is InChI=1S/C17H19N3O4/c1-10-18-15-4-5-20(9-14(15)16(21)19-10)17(22)11-6-12(23-2)8-13(7-11)24-3/h6-8H,4-5,9H2,1-3H3,(H,18,19,21). The lowest BCUT2D eigenvalue weighted by Crippen LogP contribution is -2.39. The molecule has 0 atom stereocenters. The molecule has 3 rings (SSSR count). The molecule has 0 spiro atoms. The third-order valence-electron chi connectivity index (χ3n) is 4.07. The van der Waals surface area contributed by atoms with Gasteiger partial charge < -0.3 is 19.4 Å². The summed E-state index contributed by atoms with van der Waals surface area (Å²) in [5.74, 6) is 1.52. The van der Waals surface area contributed by atoms with Gasteiger partial charge in [0.25, 0.3) is 11.5 Å². The van der Waals surface area contributed by atoms with Gasteiger partial charge >= 0.3 is 0 Å². The maximum Gasteiger partial charge on any atom is 0.256 e. The Kier molecular flexibility index (Phi) is 4.24. The summed E-state index contributed by atoms with van der Waals surface area (Å²) in [6.07, 6.45) is 0.562. The summed E-state index contributed by atoms with van der Waals surface area (Å²) in [7, 11) is 3.07. The molecule has 126 valence electrons. The number of aromatic nitrogens is 2. The smallest absolute Gasteiger partial charge is 0.256 e. The van der Waals surface area contributed by atoms with Crippen molar-refractivity contribution in [3.63, 3.8) is 0 Å². The third kappa shape index (κ3) is 2.97. The predicted molar refractivity (Wildman–Crippen MR) is 87.6 cm³/mol. The molecule has 0 fully saturated rings. The Morgan fingerprint density at radius 1 is 1.21 bits per heavy atom. The number of aromatic amines is 1. The molecule has 0 saturated heterocycles. The molecule has 1 aliphatic heterocycles. The van der Waals surface area contributed by atoms with E-state index < -0.39 is 0 Å². The molecule has 1 N–H and O–H groups in total. The minimum absolute atomic E-state index is 0.169. The van der Waals surface area contributed by atoms with Crippen LogP contribution < -0.4 is 15.0 Å². The van der Waals surface area contributed by atoms with Crippen LogP contribution in [0, 0.1) is 6.92 Å². The van der Waals surface area contributed by atoms with Crippen molar-refractivity contribution in [2.24, 2.45) is 0 Å². The Hall–Kier alpha value is -2.83. The van der Waals surface area contributed by atoms with E-state index >= 15 is 0 Å². The number of fused-ring (bicyclic) bond motifs is 1. The highest BCUT2D eigenvalue weighted by molar-refractivity contribution is 5.95. The summed E-state index contributed by atoms with van der Waals surface area (Å²) in [6.45, 7) is 2.51. The first kappa shape index (κ1) is 16.0. The van der Waals surface area contributed by atoms with E-state index in [-0.39, 0.29) is 18.0 Å². The summed E-state index contributed by atoms with van der Waals surface area (Å²) >= 11 is 0. The molecule has 0 unspecified atom stereocenters. The van der Waals surface area contributed by atoms with Crippen LogP contribution in [-0.4, -0.2) is 41.5 Å². The molecule has 1 amide bonds. The quantitative estimate of drug-likeness (QED) is 0.917. The highest BCUT2D eigenvalue weighted by Gasteiger charge is 2.25. The van der Waals surface area contributed by atoms with Crippen molar-refractivity contribution in [2.75, 3.05) is 20.8 Å². The van der Waals surface area contributed by atoms with E-state index in [4.69, 9.17) is 9.47 Å². The van der Waals surface area contributed by atoms with Crippen molar-refractivity contribution in [3.8, 4) is 11.5 Å². The van der Waals surface area contributed by atoms with Crippen LogP contribution in [0.1, 0.15) is 27.4 Å². The van der Waals surface area contributed by atoms with Crippen LogP contribution in [-0.2, 0) is 13.0 Å². The number of nitrogens with one attached hydrogen (secondary N) is 1. The lowest BCUT2D eigenvalue weighted by molar-refractivity contribution is 0.0731.